The smallest absolute Gasteiger partial charge is 0.259 e. The van der Waals surface area contributed by atoms with Crippen molar-refractivity contribution in [3.8, 4) is 11.5 Å². The Kier molecular flexibility index (Phi) is 7.90. The molecule has 0 saturated heterocycles. The van der Waals surface area contributed by atoms with E-state index in [-0.39, 0.29) is 29.7 Å². The second kappa shape index (κ2) is 11.0. The molecule has 0 radical (unpaired) electrons. The van der Waals surface area contributed by atoms with Crippen molar-refractivity contribution in [2.45, 2.75) is 6.42 Å². The molecule has 0 aliphatic heterocycles. The third kappa shape index (κ3) is 6.49. The number of carbonyl (C=O) groups is 2. The molecule has 0 atom stereocenters. The van der Waals surface area contributed by atoms with Gasteiger partial charge in [0.15, 0.2) is 6.61 Å². The number of anilines is 1. The van der Waals surface area contributed by atoms with Crippen LogP contribution in [0.1, 0.15) is 15.9 Å². The Balaban J connectivity index is 1.56. The van der Waals surface area contributed by atoms with Gasteiger partial charge in [0.1, 0.15) is 11.5 Å². The molecule has 2 amide bonds. The predicted molar refractivity (Wildman–Crippen MR) is 121 cm³/mol. The lowest BCUT2D eigenvalue weighted by Gasteiger charge is -2.13. The number of carbonyl (C=O) groups excluding carboxylic acids is 2. The average molecular weight is 439 g/mol. The van der Waals surface area contributed by atoms with Crippen LogP contribution in [0.15, 0.2) is 72.8 Å². The van der Waals surface area contributed by atoms with Crippen LogP contribution in [0.3, 0.4) is 0 Å². The van der Waals surface area contributed by atoms with E-state index in [9.17, 15) is 9.59 Å². The van der Waals surface area contributed by atoms with E-state index < -0.39 is 0 Å². The highest BCUT2D eigenvalue weighted by molar-refractivity contribution is 6.31. The monoisotopic (exact) mass is 438 g/mol. The summed E-state index contributed by atoms with van der Waals surface area (Å²) in [5, 5.41) is 5.99. The van der Waals surface area contributed by atoms with Crippen LogP contribution in [0, 0.1) is 0 Å². The zero-order valence-electron chi connectivity index (χ0n) is 17.1. The van der Waals surface area contributed by atoms with Gasteiger partial charge in [-0.15, -0.1) is 0 Å². The van der Waals surface area contributed by atoms with Gasteiger partial charge in [0.2, 0.25) is 0 Å². The minimum absolute atomic E-state index is 0.223. The van der Waals surface area contributed by atoms with Crippen LogP contribution >= 0.6 is 11.6 Å². The van der Waals surface area contributed by atoms with Crippen molar-refractivity contribution in [2.75, 3.05) is 25.6 Å². The first-order chi connectivity index (χ1) is 15.1. The summed E-state index contributed by atoms with van der Waals surface area (Å²) in [7, 11) is 1.61. The molecule has 160 valence electrons. The molecule has 0 bridgehead atoms. The Labute approximate surface area is 186 Å². The van der Waals surface area contributed by atoms with Crippen LogP contribution in [-0.4, -0.2) is 32.1 Å². The Hall–Kier alpha value is -3.51. The molecule has 0 spiro atoms. The molecule has 0 aliphatic carbocycles. The van der Waals surface area contributed by atoms with Crippen molar-refractivity contribution >= 4 is 29.1 Å². The van der Waals surface area contributed by atoms with Gasteiger partial charge in [0, 0.05) is 17.3 Å². The summed E-state index contributed by atoms with van der Waals surface area (Å²) in [6, 6.07) is 21.4. The summed E-state index contributed by atoms with van der Waals surface area (Å²) >= 11 is 6.05. The molecule has 0 aromatic heterocycles. The topological polar surface area (TPSA) is 76.7 Å². The van der Waals surface area contributed by atoms with E-state index in [4.69, 9.17) is 21.1 Å². The van der Waals surface area contributed by atoms with Crippen molar-refractivity contribution < 1.29 is 19.1 Å². The van der Waals surface area contributed by atoms with Crippen molar-refractivity contribution in [1.82, 2.24) is 5.32 Å². The first-order valence-electron chi connectivity index (χ1n) is 9.74. The number of amides is 2. The van der Waals surface area contributed by atoms with Gasteiger partial charge in [0.25, 0.3) is 11.8 Å². The lowest BCUT2D eigenvalue weighted by atomic mass is 10.1. The van der Waals surface area contributed by atoms with E-state index in [2.05, 4.69) is 10.6 Å². The van der Waals surface area contributed by atoms with Gasteiger partial charge in [0.05, 0.1) is 12.7 Å². The maximum atomic E-state index is 12.7. The number of para-hydroxylation sites is 2. The number of halogens is 1. The average Bonchev–Trinajstić information content (AvgIpc) is 2.79. The normalized spacial score (nSPS) is 10.3. The minimum atomic E-state index is -0.375. The highest BCUT2D eigenvalue weighted by Crippen LogP contribution is 2.24. The molecule has 3 aromatic carbocycles. The molecule has 31 heavy (non-hydrogen) atoms. The van der Waals surface area contributed by atoms with Crippen LogP contribution in [0.5, 0.6) is 11.5 Å². The van der Waals surface area contributed by atoms with Crippen LogP contribution in [-0.2, 0) is 11.2 Å². The molecule has 0 aliphatic rings. The maximum Gasteiger partial charge on any atom is 0.259 e. The zero-order valence-corrected chi connectivity index (χ0v) is 17.8. The summed E-state index contributed by atoms with van der Waals surface area (Å²) in [6.45, 7) is 0.212. The first-order valence-corrected chi connectivity index (χ1v) is 10.1. The summed E-state index contributed by atoms with van der Waals surface area (Å²) in [4.78, 5) is 24.9. The van der Waals surface area contributed by atoms with E-state index >= 15 is 0 Å². The van der Waals surface area contributed by atoms with E-state index in [0.717, 1.165) is 11.3 Å². The SMILES string of the molecule is COc1ccccc1CCNC(=O)COc1ccc(Cl)cc1C(=O)Nc1ccccc1. The van der Waals surface area contributed by atoms with Crippen LogP contribution in [0.25, 0.3) is 0 Å². The van der Waals surface area contributed by atoms with Gasteiger partial charge in [-0.2, -0.15) is 0 Å². The first kappa shape index (κ1) is 22.2. The Morgan fingerprint density at radius 1 is 0.935 bits per heavy atom. The quantitative estimate of drug-likeness (QED) is 0.521. The number of methoxy groups -OCH3 is 1. The molecule has 7 heteroatoms. The van der Waals surface area contributed by atoms with Crippen LogP contribution in [0.2, 0.25) is 5.02 Å². The molecule has 2 N–H and O–H groups in total. The standard InChI is InChI=1S/C24H23ClN2O4/c1-30-21-10-6-5-7-17(21)13-14-26-23(28)16-31-22-12-11-18(25)15-20(22)24(29)27-19-8-3-2-4-9-19/h2-12,15H,13-14,16H2,1H3,(H,26,28)(H,27,29). The second-order valence-corrected chi connectivity index (χ2v) is 7.10. The van der Waals surface area contributed by atoms with Crippen LogP contribution < -0.4 is 20.1 Å². The number of hydrogen-bond acceptors (Lipinski definition) is 4. The molecular weight excluding hydrogens is 416 g/mol. The summed E-state index contributed by atoms with van der Waals surface area (Å²) in [6.07, 6.45) is 0.626. The molecule has 0 fully saturated rings. The fourth-order valence-electron chi connectivity index (χ4n) is 2.97. The van der Waals surface area contributed by atoms with E-state index in [1.807, 2.05) is 42.5 Å². The van der Waals surface area contributed by atoms with Gasteiger partial charge in [-0.3, -0.25) is 9.59 Å². The summed E-state index contributed by atoms with van der Waals surface area (Å²) < 4.78 is 10.9. The molecule has 0 saturated carbocycles. The minimum Gasteiger partial charge on any atom is -0.496 e. The zero-order chi connectivity index (χ0) is 22.1. The molecule has 0 heterocycles. The lowest BCUT2D eigenvalue weighted by Crippen LogP contribution is -2.31. The third-order valence-electron chi connectivity index (χ3n) is 4.49. The predicted octanol–water partition coefficient (Wildman–Crippen LogP) is 4.34. The Morgan fingerprint density at radius 3 is 2.45 bits per heavy atom. The number of hydrogen-bond donors (Lipinski definition) is 2. The van der Waals surface area contributed by atoms with Gasteiger partial charge >= 0.3 is 0 Å². The fourth-order valence-corrected chi connectivity index (χ4v) is 3.14. The van der Waals surface area contributed by atoms with E-state index in [1.165, 1.54) is 6.07 Å². The van der Waals surface area contributed by atoms with Crippen molar-refractivity contribution in [1.29, 1.82) is 0 Å². The summed E-state index contributed by atoms with van der Waals surface area (Å²) in [5.41, 5.74) is 1.90. The molecule has 6 nitrogen and oxygen atoms in total. The highest BCUT2D eigenvalue weighted by Gasteiger charge is 2.15. The second-order valence-electron chi connectivity index (χ2n) is 6.66. The van der Waals surface area contributed by atoms with Crippen LogP contribution in [0.4, 0.5) is 5.69 Å². The molecule has 0 unspecified atom stereocenters. The fraction of sp³-hybridized carbons (Fsp3) is 0.167. The summed E-state index contributed by atoms with van der Waals surface area (Å²) in [5.74, 6) is 0.389. The number of rotatable bonds is 9. The van der Waals surface area contributed by atoms with Gasteiger partial charge in [-0.1, -0.05) is 48.0 Å². The third-order valence-corrected chi connectivity index (χ3v) is 4.72. The lowest BCUT2D eigenvalue weighted by molar-refractivity contribution is -0.123. The Bertz CT molecular complexity index is 1040. The largest absolute Gasteiger partial charge is 0.496 e. The van der Waals surface area contributed by atoms with Gasteiger partial charge in [-0.25, -0.2) is 0 Å². The highest BCUT2D eigenvalue weighted by atomic mass is 35.5. The van der Waals surface area contributed by atoms with Crippen molar-refractivity contribution in [2.24, 2.45) is 0 Å². The van der Waals surface area contributed by atoms with Gasteiger partial charge < -0.3 is 20.1 Å². The number of benzene rings is 3. The molecule has 3 rings (SSSR count). The van der Waals surface area contributed by atoms with Crippen molar-refractivity contribution in [3.05, 3.63) is 88.9 Å². The van der Waals surface area contributed by atoms with E-state index in [0.29, 0.717) is 23.7 Å². The number of nitrogens with one attached hydrogen (secondary N) is 2. The van der Waals surface area contributed by atoms with Crippen molar-refractivity contribution in [3.63, 3.8) is 0 Å². The number of ether oxygens (including phenoxy) is 2. The van der Waals surface area contributed by atoms with E-state index in [1.54, 1.807) is 31.4 Å². The molecular formula is C24H23ClN2O4. The Morgan fingerprint density at radius 2 is 1.68 bits per heavy atom. The maximum absolute atomic E-state index is 12.7. The van der Waals surface area contributed by atoms with Gasteiger partial charge in [-0.05, 0) is 48.4 Å². The molecule has 3 aromatic rings.